The maximum Gasteiger partial charge on any atom is 0.276 e. The van der Waals surface area contributed by atoms with Crippen molar-refractivity contribution < 1.29 is 4.92 Å². The van der Waals surface area contributed by atoms with E-state index in [4.69, 9.17) is 5.73 Å². The Hall–Kier alpha value is -1.89. The average molecular weight is 253 g/mol. The molecule has 7 heteroatoms. The monoisotopic (exact) mass is 253 g/mol. The van der Waals surface area contributed by atoms with Crippen molar-refractivity contribution in [3.05, 3.63) is 22.2 Å². The summed E-state index contributed by atoms with van der Waals surface area (Å²) in [7, 11) is 0. The molecule has 0 saturated carbocycles. The molecule has 7 nitrogen and oxygen atoms in total. The fourth-order valence-electron chi connectivity index (χ4n) is 1.61. The number of likely N-dealkylation sites (N-methyl/N-ethyl adjacent to an activating group) is 1. The molecule has 0 radical (unpaired) electrons. The van der Waals surface area contributed by atoms with E-state index in [1.807, 2.05) is 0 Å². The number of nitrogen functional groups attached to an aromatic ring is 1. The molecule has 1 rings (SSSR count). The van der Waals surface area contributed by atoms with Gasteiger partial charge in [0, 0.05) is 13.1 Å². The van der Waals surface area contributed by atoms with Crippen LogP contribution in [0.4, 0.5) is 17.3 Å². The number of nitrogens with zero attached hydrogens (tertiary/aromatic N) is 3. The average Bonchev–Trinajstić information content (AvgIpc) is 2.34. The molecule has 18 heavy (non-hydrogen) atoms. The number of nitrogens with one attached hydrogen (secondary N) is 1. The van der Waals surface area contributed by atoms with Crippen LogP contribution in [0, 0.1) is 10.1 Å². The second-order valence-electron chi connectivity index (χ2n) is 3.85. The van der Waals surface area contributed by atoms with Crippen molar-refractivity contribution in [1.82, 2.24) is 9.88 Å². The van der Waals surface area contributed by atoms with E-state index in [0.29, 0.717) is 12.4 Å². The summed E-state index contributed by atoms with van der Waals surface area (Å²) in [5.41, 5.74) is 5.47. The maximum atomic E-state index is 10.7. The van der Waals surface area contributed by atoms with Crippen molar-refractivity contribution in [3.63, 3.8) is 0 Å². The van der Waals surface area contributed by atoms with Crippen molar-refractivity contribution in [2.45, 2.75) is 13.8 Å². The third kappa shape index (κ3) is 4.17. The molecule has 1 aromatic heterocycles. The molecule has 0 aliphatic rings. The van der Waals surface area contributed by atoms with Crippen molar-refractivity contribution in [2.24, 2.45) is 0 Å². The third-order valence-electron chi connectivity index (χ3n) is 2.67. The Morgan fingerprint density at radius 1 is 1.44 bits per heavy atom. The number of hydrogen-bond acceptors (Lipinski definition) is 6. The smallest absolute Gasteiger partial charge is 0.276 e. The Labute approximate surface area is 106 Å². The molecule has 1 aromatic rings. The number of anilines is 2. The van der Waals surface area contributed by atoms with Crippen LogP contribution in [0.3, 0.4) is 0 Å². The van der Waals surface area contributed by atoms with Crippen molar-refractivity contribution in [3.8, 4) is 0 Å². The molecule has 0 unspecified atom stereocenters. The minimum atomic E-state index is -0.479. The first kappa shape index (κ1) is 14.2. The first-order chi connectivity index (χ1) is 8.56. The molecule has 0 saturated heterocycles. The Morgan fingerprint density at radius 2 is 2.11 bits per heavy atom. The van der Waals surface area contributed by atoms with E-state index in [-0.39, 0.29) is 11.5 Å². The van der Waals surface area contributed by atoms with Gasteiger partial charge in [-0.3, -0.25) is 10.1 Å². The van der Waals surface area contributed by atoms with Crippen molar-refractivity contribution in [1.29, 1.82) is 0 Å². The highest BCUT2D eigenvalue weighted by Crippen LogP contribution is 2.18. The molecular formula is C11H19N5O2. The van der Waals surface area contributed by atoms with Gasteiger partial charge >= 0.3 is 0 Å². The van der Waals surface area contributed by atoms with Gasteiger partial charge in [0.1, 0.15) is 11.6 Å². The molecule has 0 bridgehead atoms. The van der Waals surface area contributed by atoms with E-state index in [9.17, 15) is 10.1 Å². The number of aromatic nitrogens is 1. The zero-order chi connectivity index (χ0) is 13.5. The van der Waals surface area contributed by atoms with Gasteiger partial charge in [0.25, 0.3) is 5.69 Å². The van der Waals surface area contributed by atoms with E-state index < -0.39 is 4.92 Å². The third-order valence-corrected chi connectivity index (χ3v) is 2.67. The molecule has 3 N–H and O–H groups in total. The first-order valence-electron chi connectivity index (χ1n) is 5.95. The second kappa shape index (κ2) is 6.75. The minimum Gasteiger partial charge on any atom is -0.383 e. The molecule has 100 valence electrons. The zero-order valence-corrected chi connectivity index (χ0v) is 10.7. The normalized spacial score (nSPS) is 10.6. The molecule has 1 heterocycles. The summed E-state index contributed by atoms with van der Waals surface area (Å²) in [6.07, 6.45) is 0. The second-order valence-corrected chi connectivity index (χ2v) is 3.85. The highest BCUT2D eigenvalue weighted by Gasteiger charge is 2.09. The fraction of sp³-hybridized carbons (Fsp3) is 0.545. The Kier molecular flexibility index (Phi) is 5.31. The summed E-state index contributed by atoms with van der Waals surface area (Å²) in [5.74, 6) is 0.586. The first-order valence-corrected chi connectivity index (χ1v) is 5.95. The van der Waals surface area contributed by atoms with Gasteiger partial charge < -0.3 is 16.0 Å². The predicted molar refractivity (Wildman–Crippen MR) is 71.6 cm³/mol. The lowest BCUT2D eigenvalue weighted by Gasteiger charge is -2.18. The summed E-state index contributed by atoms with van der Waals surface area (Å²) < 4.78 is 0. The topological polar surface area (TPSA) is 97.3 Å². The van der Waals surface area contributed by atoms with Gasteiger partial charge in [-0.25, -0.2) is 4.98 Å². The van der Waals surface area contributed by atoms with Crippen LogP contribution in [-0.4, -0.2) is 41.0 Å². The van der Waals surface area contributed by atoms with Crippen LogP contribution in [0.25, 0.3) is 0 Å². The molecule has 0 spiro atoms. The molecule has 0 aliphatic carbocycles. The molecule has 0 atom stereocenters. The maximum absolute atomic E-state index is 10.7. The zero-order valence-electron chi connectivity index (χ0n) is 10.7. The highest BCUT2D eigenvalue weighted by molar-refractivity contribution is 5.52. The van der Waals surface area contributed by atoms with Crippen molar-refractivity contribution >= 4 is 17.3 Å². The Morgan fingerprint density at radius 3 is 2.67 bits per heavy atom. The number of nitrogens with two attached hydrogens (primary N) is 1. The van der Waals surface area contributed by atoms with E-state index in [1.165, 1.54) is 12.1 Å². The summed E-state index contributed by atoms with van der Waals surface area (Å²) in [6.45, 7) is 7.66. The van der Waals surface area contributed by atoms with Crippen LogP contribution >= 0.6 is 0 Å². The van der Waals surface area contributed by atoms with Gasteiger partial charge in [0.05, 0.1) is 17.1 Å². The van der Waals surface area contributed by atoms with Gasteiger partial charge in [-0.05, 0) is 13.1 Å². The van der Waals surface area contributed by atoms with Gasteiger partial charge in [0.2, 0.25) is 0 Å². The van der Waals surface area contributed by atoms with Crippen LogP contribution < -0.4 is 11.1 Å². The van der Waals surface area contributed by atoms with Crippen molar-refractivity contribution in [2.75, 3.05) is 37.2 Å². The summed E-state index contributed by atoms with van der Waals surface area (Å²) in [6, 6.07) is 2.63. The van der Waals surface area contributed by atoms with E-state index in [1.54, 1.807) is 0 Å². The van der Waals surface area contributed by atoms with Crippen LogP contribution in [0.1, 0.15) is 13.8 Å². The lowest BCUT2D eigenvalue weighted by atomic mass is 10.3. The van der Waals surface area contributed by atoms with Crippen LogP contribution in [0.5, 0.6) is 0 Å². The van der Waals surface area contributed by atoms with Gasteiger partial charge in [0.15, 0.2) is 0 Å². The molecule has 0 fully saturated rings. The molecule has 0 amide bonds. The van der Waals surface area contributed by atoms with E-state index >= 15 is 0 Å². The van der Waals surface area contributed by atoms with E-state index in [0.717, 1.165) is 19.6 Å². The molecule has 0 aliphatic heterocycles. The van der Waals surface area contributed by atoms with Gasteiger partial charge in [-0.2, -0.15) is 0 Å². The number of pyridine rings is 1. The Bertz CT molecular complexity index is 406. The molecular weight excluding hydrogens is 234 g/mol. The van der Waals surface area contributed by atoms with E-state index in [2.05, 4.69) is 29.0 Å². The summed E-state index contributed by atoms with van der Waals surface area (Å²) >= 11 is 0. The summed E-state index contributed by atoms with van der Waals surface area (Å²) in [4.78, 5) is 16.4. The summed E-state index contributed by atoms with van der Waals surface area (Å²) in [5, 5.41) is 13.7. The van der Waals surface area contributed by atoms with Gasteiger partial charge in [-0.15, -0.1) is 0 Å². The molecule has 0 aromatic carbocycles. The largest absolute Gasteiger partial charge is 0.383 e. The fourth-order valence-corrected chi connectivity index (χ4v) is 1.61. The number of hydrogen-bond donors (Lipinski definition) is 2. The van der Waals surface area contributed by atoms with Crippen LogP contribution in [0.15, 0.2) is 12.1 Å². The lowest BCUT2D eigenvalue weighted by Crippen LogP contribution is -2.28. The van der Waals surface area contributed by atoms with Crippen LogP contribution in [-0.2, 0) is 0 Å². The SMILES string of the molecule is CCN(CC)CCNc1cc([N+](=O)[O-])cc(N)n1. The minimum absolute atomic E-state index is 0.0483. The van der Waals surface area contributed by atoms with Gasteiger partial charge in [-0.1, -0.05) is 13.8 Å². The highest BCUT2D eigenvalue weighted by atomic mass is 16.6. The predicted octanol–water partition coefficient (Wildman–Crippen LogP) is 1.33. The standard InChI is InChI=1S/C11H19N5O2/c1-3-15(4-2)6-5-13-11-8-9(16(17)18)7-10(12)14-11/h7-8H,3-6H2,1-2H3,(H3,12,13,14). The lowest BCUT2D eigenvalue weighted by molar-refractivity contribution is -0.384. The number of nitro groups is 1. The number of rotatable bonds is 7. The quantitative estimate of drug-likeness (QED) is 0.562. The van der Waals surface area contributed by atoms with Crippen LogP contribution in [0.2, 0.25) is 0 Å². The Balaban J connectivity index is 2.59.